The molecule has 1 fully saturated rings. The number of aryl methyl sites for hydroxylation is 3. The van der Waals surface area contributed by atoms with Gasteiger partial charge in [-0.3, -0.25) is 9.10 Å². The Morgan fingerprint density at radius 2 is 1.67 bits per heavy atom. The summed E-state index contributed by atoms with van der Waals surface area (Å²) in [7, 11) is -3.89. The minimum absolute atomic E-state index is 0.148. The van der Waals surface area contributed by atoms with Gasteiger partial charge in [-0.2, -0.15) is 0 Å². The first-order valence-electron chi connectivity index (χ1n) is 11.7. The highest BCUT2D eigenvalue weighted by atomic mass is 32.2. The minimum atomic E-state index is -3.89. The number of carbonyl (C=O) groups excluding carboxylic acids is 1. The van der Waals surface area contributed by atoms with Crippen molar-refractivity contribution in [1.29, 1.82) is 0 Å². The summed E-state index contributed by atoms with van der Waals surface area (Å²) in [5, 5.41) is 0.697. The molecule has 0 N–H and O–H groups in total. The first-order chi connectivity index (χ1) is 15.8. The molecule has 1 saturated heterocycles. The first kappa shape index (κ1) is 22.0. The van der Waals surface area contributed by atoms with Crippen molar-refractivity contribution in [2.75, 3.05) is 23.9 Å². The molecule has 33 heavy (non-hydrogen) atoms. The van der Waals surface area contributed by atoms with E-state index in [-0.39, 0.29) is 16.6 Å². The van der Waals surface area contributed by atoms with Gasteiger partial charge in [-0.15, -0.1) is 0 Å². The number of rotatable bonds is 3. The van der Waals surface area contributed by atoms with Gasteiger partial charge in [0, 0.05) is 30.6 Å². The van der Waals surface area contributed by atoms with Crippen LogP contribution in [0.5, 0.6) is 0 Å². The highest BCUT2D eigenvalue weighted by molar-refractivity contribution is 7.93. The number of hydrogen-bond acceptors (Lipinski definition) is 4. The van der Waals surface area contributed by atoms with Crippen molar-refractivity contribution < 1.29 is 17.6 Å². The predicted molar refractivity (Wildman–Crippen MR) is 129 cm³/mol. The van der Waals surface area contributed by atoms with E-state index in [0.29, 0.717) is 41.7 Å². The maximum atomic E-state index is 14.1. The number of amides is 1. The quantitative estimate of drug-likeness (QED) is 0.537. The second-order valence-corrected chi connectivity index (χ2v) is 11.0. The fourth-order valence-electron chi connectivity index (χ4n) is 5.16. The summed E-state index contributed by atoms with van der Waals surface area (Å²) in [5.41, 5.74) is 4.29. The Hall–Kier alpha value is -2.80. The van der Waals surface area contributed by atoms with Crippen LogP contribution in [0.3, 0.4) is 0 Å². The number of anilines is 1. The van der Waals surface area contributed by atoms with Gasteiger partial charge in [0.25, 0.3) is 15.9 Å². The maximum Gasteiger partial charge on any atom is 0.289 e. The van der Waals surface area contributed by atoms with E-state index < -0.39 is 10.0 Å². The third-order valence-corrected chi connectivity index (χ3v) is 9.11. The Balaban J connectivity index is 1.69. The number of carbonyl (C=O) groups is 1. The van der Waals surface area contributed by atoms with E-state index in [9.17, 15) is 13.2 Å². The van der Waals surface area contributed by atoms with Crippen LogP contribution in [-0.2, 0) is 16.4 Å². The summed E-state index contributed by atoms with van der Waals surface area (Å²) >= 11 is 0. The van der Waals surface area contributed by atoms with Crippen LogP contribution in [-0.4, -0.2) is 38.9 Å². The standard InChI is InChI=1S/C26H30N2O4S/c1-17-16-21-19(3)23(26(29)27-13-7-4-8-14-27)32-24(21)25(18(17)2)33(30,31)28-15-9-11-20-10-5-6-12-22(20)28/h5-6,10,12,16H,4,7-9,11,13-15H2,1-3H3. The van der Waals surface area contributed by atoms with Gasteiger partial charge in [-0.25, -0.2) is 8.42 Å². The zero-order valence-electron chi connectivity index (χ0n) is 19.5. The van der Waals surface area contributed by atoms with Gasteiger partial charge < -0.3 is 9.32 Å². The van der Waals surface area contributed by atoms with Gasteiger partial charge in [0.2, 0.25) is 0 Å². The van der Waals surface area contributed by atoms with Gasteiger partial charge in [-0.05, 0) is 81.7 Å². The van der Waals surface area contributed by atoms with Gasteiger partial charge in [-0.1, -0.05) is 18.2 Å². The van der Waals surface area contributed by atoms with Crippen LogP contribution < -0.4 is 4.31 Å². The monoisotopic (exact) mass is 466 g/mol. The lowest BCUT2D eigenvalue weighted by Gasteiger charge is -2.31. The van der Waals surface area contributed by atoms with E-state index in [1.54, 1.807) is 0 Å². The molecule has 7 heteroatoms. The second-order valence-electron chi connectivity index (χ2n) is 9.24. The number of hydrogen-bond donors (Lipinski definition) is 0. The number of sulfonamides is 1. The van der Waals surface area contributed by atoms with Crippen molar-refractivity contribution in [3.8, 4) is 0 Å². The molecule has 2 aliphatic rings. The van der Waals surface area contributed by atoms with Crippen molar-refractivity contribution in [3.05, 3.63) is 58.3 Å². The number of benzene rings is 2. The van der Waals surface area contributed by atoms with Gasteiger partial charge in [0.1, 0.15) is 4.90 Å². The van der Waals surface area contributed by atoms with Gasteiger partial charge in [0.05, 0.1) is 5.69 Å². The summed E-state index contributed by atoms with van der Waals surface area (Å²) in [4.78, 5) is 15.3. The highest BCUT2D eigenvalue weighted by Gasteiger charge is 2.35. The Bertz CT molecular complexity index is 1350. The zero-order chi connectivity index (χ0) is 23.3. The first-order valence-corrected chi connectivity index (χ1v) is 13.2. The van der Waals surface area contributed by atoms with E-state index in [1.807, 2.05) is 56.0 Å². The third-order valence-electron chi connectivity index (χ3n) is 7.15. The van der Waals surface area contributed by atoms with Crippen molar-refractivity contribution in [2.45, 2.75) is 57.8 Å². The maximum absolute atomic E-state index is 14.1. The predicted octanol–water partition coefficient (Wildman–Crippen LogP) is 5.13. The van der Waals surface area contributed by atoms with Crippen LogP contribution >= 0.6 is 0 Å². The fourth-order valence-corrected chi connectivity index (χ4v) is 7.12. The molecule has 0 saturated carbocycles. The number of furan rings is 1. The van der Waals surface area contributed by atoms with Crippen LogP contribution in [0.25, 0.3) is 11.0 Å². The summed E-state index contributed by atoms with van der Waals surface area (Å²) in [6, 6.07) is 9.62. The van der Waals surface area contributed by atoms with Crippen molar-refractivity contribution in [2.24, 2.45) is 0 Å². The Labute approximate surface area is 195 Å². The van der Waals surface area contributed by atoms with Crippen molar-refractivity contribution >= 4 is 32.6 Å². The summed E-state index contributed by atoms with van der Waals surface area (Å²) in [5.74, 6) is 0.109. The summed E-state index contributed by atoms with van der Waals surface area (Å²) in [6.07, 6.45) is 4.72. The van der Waals surface area contributed by atoms with Crippen LogP contribution in [0, 0.1) is 20.8 Å². The van der Waals surface area contributed by atoms with Crippen LogP contribution in [0.2, 0.25) is 0 Å². The van der Waals surface area contributed by atoms with Crippen LogP contribution in [0.15, 0.2) is 39.6 Å². The highest BCUT2D eigenvalue weighted by Crippen LogP contribution is 2.39. The number of piperidine rings is 1. The molecule has 174 valence electrons. The molecule has 3 heterocycles. The average Bonchev–Trinajstić information content (AvgIpc) is 3.14. The largest absolute Gasteiger partial charge is 0.449 e. The van der Waals surface area contributed by atoms with E-state index >= 15 is 0 Å². The molecule has 0 unspecified atom stereocenters. The van der Waals surface area contributed by atoms with Crippen LogP contribution in [0.4, 0.5) is 5.69 Å². The SMILES string of the molecule is Cc1cc2c(C)c(C(=O)N3CCCCC3)oc2c(S(=O)(=O)N2CCCc3ccccc32)c1C. The molecule has 0 spiro atoms. The Morgan fingerprint density at radius 1 is 0.939 bits per heavy atom. The van der Waals surface area contributed by atoms with E-state index in [0.717, 1.165) is 48.9 Å². The minimum Gasteiger partial charge on any atom is -0.449 e. The fraction of sp³-hybridized carbons (Fsp3) is 0.423. The number of likely N-dealkylation sites (tertiary alicyclic amines) is 1. The molecular formula is C26H30N2O4S. The lowest BCUT2D eigenvalue weighted by atomic mass is 10.0. The summed E-state index contributed by atoms with van der Waals surface area (Å²) in [6.45, 7) is 7.43. The molecule has 3 aromatic rings. The second kappa shape index (κ2) is 8.20. The molecule has 6 nitrogen and oxygen atoms in total. The topological polar surface area (TPSA) is 70.8 Å². The average molecular weight is 467 g/mol. The van der Waals surface area contributed by atoms with Crippen molar-refractivity contribution in [3.63, 3.8) is 0 Å². The van der Waals surface area contributed by atoms with Gasteiger partial charge in [0.15, 0.2) is 11.3 Å². The molecule has 0 aliphatic carbocycles. The molecular weight excluding hydrogens is 436 g/mol. The summed E-state index contributed by atoms with van der Waals surface area (Å²) < 4.78 is 35.9. The molecule has 2 aliphatic heterocycles. The molecule has 2 aromatic carbocycles. The van der Waals surface area contributed by atoms with E-state index in [1.165, 1.54) is 4.31 Å². The molecule has 0 bridgehead atoms. The number of fused-ring (bicyclic) bond motifs is 2. The van der Waals surface area contributed by atoms with Gasteiger partial charge >= 0.3 is 0 Å². The zero-order valence-corrected chi connectivity index (χ0v) is 20.3. The van der Waals surface area contributed by atoms with E-state index in [2.05, 4.69) is 0 Å². The molecule has 0 atom stereocenters. The molecule has 1 amide bonds. The third kappa shape index (κ3) is 3.53. The Morgan fingerprint density at radius 3 is 2.42 bits per heavy atom. The smallest absolute Gasteiger partial charge is 0.289 e. The molecule has 0 radical (unpaired) electrons. The van der Waals surface area contributed by atoms with Crippen LogP contribution in [0.1, 0.15) is 58.5 Å². The normalized spacial score (nSPS) is 16.8. The van der Waals surface area contributed by atoms with E-state index in [4.69, 9.17) is 4.42 Å². The lowest BCUT2D eigenvalue weighted by Crippen LogP contribution is -2.36. The number of nitrogens with zero attached hydrogens (tertiary/aromatic N) is 2. The lowest BCUT2D eigenvalue weighted by molar-refractivity contribution is 0.0693. The molecule has 1 aromatic heterocycles. The number of para-hydroxylation sites is 1. The van der Waals surface area contributed by atoms with Crippen molar-refractivity contribution in [1.82, 2.24) is 4.90 Å². The Kier molecular flexibility index (Phi) is 5.47. The molecule has 5 rings (SSSR count).